The Bertz CT molecular complexity index is 969. The molecule has 0 aliphatic carbocycles. The molecule has 1 aliphatic rings. The molecule has 0 amide bonds. The van der Waals surface area contributed by atoms with Crippen LogP contribution in [0.1, 0.15) is 34.7 Å². The van der Waals surface area contributed by atoms with E-state index in [-0.39, 0.29) is 12.1 Å². The number of ether oxygens (including phenoxy) is 1. The van der Waals surface area contributed by atoms with Crippen LogP contribution in [0.5, 0.6) is 5.75 Å². The molecule has 4 rings (SSSR count). The van der Waals surface area contributed by atoms with Crippen LogP contribution in [0.15, 0.2) is 54.7 Å². The van der Waals surface area contributed by atoms with Crippen LogP contribution in [0.2, 0.25) is 0 Å². The average Bonchev–Trinajstić information content (AvgIpc) is 3.20. The third-order valence-corrected chi connectivity index (χ3v) is 5.25. The Balaban J connectivity index is 1.85. The van der Waals surface area contributed by atoms with E-state index in [0.717, 1.165) is 28.5 Å². The summed E-state index contributed by atoms with van der Waals surface area (Å²) < 4.78 is 5.42. The van der Waals surface area contributed by atoms with E-state index < -0.39 is 0 Å². The monoisotopic (exact) mass is 378 g/mol. The first kappa shape index (κ1) is 17.5. The van der Waals surface area contributed by atoms with Gasteiger partial charge in [-0.1, -0.05) is 12.1 Å². The number of hydrogen-bond donors (Lipinski definition) is 2. The quantitative estimate of drug-likeness (QED) is 0.666. The Morgan fingerprint density at radius 1 is 1.11 bits per heavy atom. The molecule has 1 aliphatic heterocycles. The van der Waals surface area contributed by atoms with Crippen molar-refractivity contribution in [2.45, 2.75) is 25.9 Å². The van der Waals surface area contributed by atoms with Gasteiger partial charge in [0.25, 0.3) is 0 Å². The number of aryl methyl sites for hydroxylation is 2. The maximum absolute atomic E-state index is 5.74. The van der Waals surface area contributed by atoms with Crippen LogP contribution < -0.4 is 15.0 Å². The Morgan fingerprint density at radius 2 is 1.96 bits per heavy atom. The summed E-state index contributed by atoms with van der Waals surface area (Å²) in [7, 11) is 1.67. The number of methoxy groups -OCH3 is 1. The zero-order valence-electron chi connectivity index (χ0n) is 15.6. The maximum Gasteiger partial charge on any atom is 0.174 e. The summed E-state index contributed by atoms with van der Waals surface area (Å²) in [5.41, 5.74) is 5.43. The van der Waals surface area contributed by atoms with Gasteiger partial charge in [-0.25, -0.2) is 0 Å². The molecule has 27 heavy (non-hydrogen) atoms. The second kappa shape index (κ2) is 7.04. The van der Waals surface area contributed by atoms with Crippen molar-refractivity contribution in [2.24, 2.45) is 0 Å². The Kier molecular flexibility index (Phi) is 4.58. The number of thiocarbonyl (C=S) groups is 1. The van der Waals surface area contributed by atoms with Crippen molar-refractivity contribution in [2.75, 3.05) is 12.0 Å². The van der Waals surface area contributed by atoms with E-state index in [0.29, 0.717) is 5.11 Å². The molecule has 3 aromatic rings. The first-order chi connectivity index (χ1) is 13.1. The smallest absolute Gasteiger partial charge is 0.174 e. The van der Waals surface area contributed by atoms with Gasteiger partial charge >= 0.3 is 0 Å². The van der Waals surface area contributed by atoms with Crippen LogP contribution in [0, 0.1) is 13.8 Å². The van der Waals surface area contributed by atoms with Crippen LogP contribution in [-0.4, -0.2) is 22.2 Å². The molecule has 6 heteroatoms. The zero-order valence-corrected chi connectivity index (χ0v) is 16.4. The fourth-order valence-corrected chi connectivity index (χ4v) is 4.11. The number of H-pyrrole nitrogens is 1. The molecule has 2 N–H and O–H groups in total. The number of anilines is 1. The van der Waals surface area contributed by atoms with E-state index in [4.69, 9.17) is 17.0 Å². The van der Waals surface area contributed by atoms with E-state index >= 15 is 0 Å². The van der Waals surface area contributed by atoms with E-state index in [2.05, 4.69) is 46.2 Å². The maximum atomic E-state index is 5.74. The van der Waals surface area contributed by atoms with Gasteiger partial charge in [0.05, 0.1) is 24.9 Å². The molecule has 3 heterocycles. The Hall–Kier alpha value is -2.86. The molecule has 1 fully saturated rings. The lowest BCUT2D eigenvalue weighted by atomic mass is 9.96. The largest absolute Gasteiger partial charge is 0.497 e. The highest BCUT2D eigenvalue weighted by Crippen LogP contribution is 2.43. The molecule has 1 aromatic carbocycles. The molecular formula is C21H22N4OS. The molecule has 138 valence electrons. The summed E-state index contributed by atoms with van der Waals surface area (Å²) >= 11 is 5.74. The van der Waals surface area contributed by atoms with Crippen molar-refractivity contribution in [3.8, 4) is 5.75 Å². The number of nitrogens with one attached hydrogen (secondary N) is 2. The number of benzene rings is 1. The Morgan fingerprint density at radius 3 is 2.63 bits per heavy atom. The standard InChI is InChI=1S/C21H22N4OS/c1-13-11-17(14(2)23-13)20-19(18-9-4-5-10-22-18)24-21(27)25(20)15-7-6-8-16(12-15)26-3/h4-12,19-20,23H,1-3H3,(H,24,27)/t19-,20+/m1/s1. The predicted molar refractivity (Wildman–Crippen MR) is 111 cm³/mol. The minimum absolute atomic E-state index is 0.00976. The topological polar surface area (TPSA) is 53.2 Å². The molecule has 0 radical (unpaired) electrons. The molecule has 2 aromatic heterocycles. The summed E-state index contributed by atoms with van der Waals surface area (Å²) in [6, 6.07) is 16.1. The molecule has 5 nitrogen and oxygen atoms in total. The average molecular weight is 379 g/mol. The fraction of sp³-hybridized carbons (Fsp3) is 0.238. The number of pyridine rings is 1. The predicted octanol–water partition coefficient (Wildman–Crippen LogP) is 4.21. The fourth-order valence-electron chi connectivity index (χ4n) is 3.76. The molecule has 0 saturated carbocycles. The van der Waals surface area contributed by atoms with Crippen molar-refractivity contribution >= 4 is 23.0 Å². The highest BCUT2D eigenvalue weighted by atomic mass is 32.1. The van der Waals surface area contributed by atoms with E-state index in [9.17, 15) is 0 Å². The molecule has 0 unspecified atom stereocenters. The van der Waals surface area contributed by atoms with Crippen molar-refractivity contribution < 1.29 is 4.74 Å². The minimum Gasteiger partial charge on any atom is -0.497 e. The number of rotatable bonds is 4. The second-order valence-electron chi connectivity index (χ2n) is 6.73. The minimum atomic E-state index is -0.0428. The van der Waals surface area contributed by atoms with Crippen molar-refractivity contribution in [3.05, 3.63) is 77.4 Å². The van der Waals surface area contributed by atoms with Gasteiger partial charge in [0.1, 0.15) is 5.75 Å². The summed E-state index contributed by atoms with van der Waals surface area (Å²) in [6.07, 6.45) is 1.82. The third-order valence-electron chi connectivity index (χ3n) is 4.94. The highest BCUT2D eigenvalue weighted by Gasteiger charge is 2.41. The lowest BCUT2D eigenvalue weighted by Crippen LogP contribution is -2.29. The zero-order chi connectivity index (χ0) is 19.0. The Labute approximate surface area is 164 Å². The van der Waals surface area contributed by atoms with Crippen molar-refractivity contribution in [1.82, 2.24) is 15.3 Å². The van der Waals surface area contributed by atoms with Gasteiger partial charge in [-0.2, -0.15) is 0 Å². The van der Waals surface area contributed by atoms with Gasteiger partial charge in [0.15, 0.2) is 5.11 Å². The summed E-state index contributed by atoms with van der Waals surface area (Å²) in [4.78, 5) is 10.2. The van der Waals surface area contributed by atoms with Gasteiger partial charge in [-0.3, -0.25) is 4.98 Å². The van der Waals surface area contributed by atoms with Crippen LogP contribution in [0.4, 0.5) is 5.69 Å². The van der Waals surface area contributed by atoms with E-state index in [1.807, 2.05) is 42.6 Å². The van der Waals surface area contributed by atoms with Gasteiger partial charge in [0.2, 0.25) is 0 Å². The molecule has 1 saturated heterocycles. The van der Waals surface area contributed by atoms with Crippen LogP contribution in [0.25, 0.3) is 0 Å². The first-order valence-electron chi connectivity index (χ1n) is 8.89. The summed E-state index contributed by atoms with van der Waals surface area (Å²) in [5.74, 6) is 0.803. The molecular weight excluding hydrogens is 356 g/mol. The van der Waals surface area contributed by atoms with Gasteiger partial charge < -0.3 is 19.9 Å². The van der Waals surface area contributed by atoms with Crippen LogP contribution in [-0.2, 0) is 0 Å². The number of hydrogen-bond acceptors (Lipinski definition) is 3. The molecule has 0 spiro atoms. The summed E-state index contributed by atoms with van der Waals surface area (Å²) in [6.45, 7) is 4.17. The second-order valence-corrected chi connectivity index (χ2v) is 7.12. The normalized spacial score (nSPS) is 19.2. The number of nitrogens with zero attached hydrogens (tertiary/aromatic N) is 2. The highest BCUT2D eigenvalue weighted by molar-refractivity contribution is 7.80. The van der Waals surface area contributed by atoms with Gasteiger partial charge in [-0.05, 0) is 62.0 Å². The SMILES string of the molecule is COc1cccc(N2C(=S)N[C@H](c3ccccn3)[C@@H]2c2cc(C)[nH]c2C)c1. The lowest BCUT2D eigenvalue weighted by Gasteiger charge is -2.28. The number of aromatic amines is 1. The molecule has 0 bridgehead atoms. The van der Waals surface area contributed by atoms with Crippen LogP contribution >= 0.6 is 12.2 Å². The van der Waals surface area contributed by atoms with Crippen LogP contribution in [0.3, 0.4) is 0 Å². The van der Waals surface area contributed by atoms with E-state index in [1.165, 1.54) is 5.56 Å². The van der Waals surface area contributed by atoms with E-state index in [1.54, 1.807) is 7.11 Å². The first-order valence-corrected chi connectivity index (χ1v) is 9.30. The third kappa shape index (κ3) is 3.17. The molecule has 2 atom stereocenters. The summed E-state index contributed by atoms with van der Waals surface area (Å²) in [5, 5.41) is 4.16. The number of aromatic nitrogens is 2. The van der Waals surface area contributed by atoms with Crippen molar-refractivity contribution in [3.63, 3.8) is 0 Å². The van der Waals surface area contributed by atoms with Gasteiger partial charge in [-0.15, -0.1) is 0 Å². The van der Waals surface area contributed by atoms with Crippen molar-refractivity contribution in [1.29, 1.82) is 0 Å². The van der Waals surface area contributed by atoms with Gasteiger partial charge in [0, 0.05) is 29.3 Å². The lowest BCUT2D eigenvalue weighted by molar-refractivity contribution is 0.415.